The molecule has 1 fully saturated rings. The third-order valence-electron chi connectivity index (χ3n) is 2.67. The number of aliphatic hydroxyl groups excluding tert-OH is 1. The number of aliphatic hydroxyl groups is 1. The third-order valence-corrected chi connectivity index (χ3v) is 3.71. The van der Waals surface area contributed by atoms with Crippen molar-refractivity contribution in [2.45, 2.75) is 51.9 Å². The van der Waals surface area contributed by atoms with Crippen molar-refractivity contribution in [1.29, 1.82) is 0 Å². The summed E-state index contributed by atoms with van der Waals surface area (Å²) in [6.45, 7) is 7.36. The van der Waals surface area contributed by atoms with E-state index >= 15 is 0 Å². The van der Waals surface area contributed by atoms with Crippen molar-refractivity contribution in [2.75, 3.05) is 18.2 Å². The van der Waals surface area contributed by atoms with E-state index in [0.717, 1.165) is 0 Å². The summed E-state index contributed by atoms with van der Waals surface area (Å²) in [7, 11) is 0. The molecule has 1 saturated heterocycles. The molecule has 0 aromatic rings. The van der Waals surface area contributed by atoms with E-state index in [4.69, 9.17) is 9.47 Å². The van der Waals surface area contributed by atoms with Crippen LogP contribution in [-0.4, -0.2) is 58.1 Å². The summed E-state index contributed by atoms with van der Waals surface area (Å²) in [5.74, 6) is 0.584. The second-order valence-electron chi connectivity index (χ2n) is 5.59. The Morgan fingerprint density at radius 2 is 2.10 bits per heavy atom. The lowest BCUT2D eigenvalue weighted by molar-refractivity contribution is -0.146. The van der Waals surface area contributed by atoms with Gasteiger partial charge in [0.05, 0.1) is 31.1 Å². The fourth-order valence-corrected chi connectivity index (χ4v) is 3.05. The van der Waals surface area contributed by atoms with Gasteiger partial charge in [0.1, 0.15) is 5.60 Å². The Labute approximate surface area is 123 Å². The Morgan fingerprint density at radius 3 is 2.65 bits per heavy atom. The van der Waals surface area contributed by atoms with Crippen LogP contribution in [0.2, 0.25) is 0 Å². The average Bonchev–Trinajstić information content (AvgIpc) is 2.75. The Balaban J connectivity index is 2.60. The van der Waals surface area contributed by atoms with Gasteiger partial charge in [-0.1, -0.05) is 0 Å². The number of ether oxygens (including phenoxy) is 2. The van der Waals surface area contributed by atoms with Gasteiger partial charge in [-0.25, -0.2) is 4.79 Å². The molecule has 20 heavy (non-hydrogen) atoms. The smallest absolute Gasteiger partial charge is 0.411 e. The van der Waals surface area contributed by atoms with Crippen LogP contribution < -0.4 is 0 Å². The Morgan fingerprint density at radius 1 is 1.45 bits per heavy atom. The molecule has 6 nitrogen and oxygen atoms in total. The maximum absolute atomic E-state index is 12.1. The quantitative estimate of drug-likeness (QED) is 0.795. The molecular formula is C13H23NO5S. The van der Waals surface area contributed by atoms with Crippen molar-refractivity contribution in [1.82, 2.24) is 4.90 Å². The first-order valence-electron chi connectivity index (χ1n) is 6.65. The summed E-state index contributed by atoms with van der Waals surface area (Å²) in [5.41, 5.74) is -0.582. The normalized spacial score (nSPS) is 20.6. The van der Waals surface area contributed by atoms with Crippen LogP contribution >= 0.6 is 11.8 Å². The predicted molar refractivity (Wildman–Crippen MR) is 76.4 cm³/mol. The zero-order chi connectivity index (χ0) is 15.3. The zero-order valence-electron chi connectivity index (χ0n) is 12.4. The van der Waals surface area contributed by atoms with Gasteiger partial charge in [0.2, 0.25) is 0 Å². The molecule has 0 spiro atoms. The fraction of sp³-hybridized carbons (Fsp3) is 0.846. The second-order valence-corrected chi connectivity index (χ2v) is 6.59. The van der Waals surface area contributed by atoms with Crippen LogP contribution in [0.1, 0.15) is 34.1 Å². The largest absolute Gasteiger partial charge is 0.466 e. The summed E-state index contributed by atoms with van der Waals surface area (Å²) >= 11 is 1.53. The summed E-state index contributed by atoms with van der Waals surface area (Å²) in [5, 5.41) is 10.1. The maximum atomic E-state index is 12.1. The van der Waals surface area contributed by atoms with Gasteiger partial charge in [0.15, 0.2) is 0 Å². The SMILES string of the molecule is CCOC(=O)CC(O)[C@@H]1CSCN1C(=O)OC(C)(C)C. The summed E-state index contributed by atoms with van der Waals surface area (Å²) in [4.78, 5) is 24.9. The van der Waals surface area contributed by atoms with Gasteiger partial charge in [-0.3, -0.25) is 9.69 Å². The fourth-order valence-electron chi connectivity index (χ4n) is 1.81. The van der Waals surface area contributed by atoms with Crippen LogP contribution in [0.25, 0.3) is 0 Å². The summed E-state index contributed by atoms with van der Waals surface area (Å²) in [6, 6.07) is -0.417. The molecule has 1 rings (SSSR count). The first-order chi connectivity index (χ1) is 9.24. The van der Waals surface area contributed by atoms with Crippen molar-refractivity contribution >= 4 is 23.8 Å². The number of carbonyl (C=O) groups is 2. The van der Waals surface area contributed by atoms with Crippen molar-refractivity contribution in [3.05, 3.63) is 0 Å². The van der Waals surface area contributed by atoms with E-state index < -0.39 is 29.8 Å². The third kappa shape index (κ3) is 5.20. The number of hydrogen-bond acceptors (Lipinski definition) is 6. The molecule has 1 aliphatic heterocycles. The second kappa shape index (κ2) is 7.17. The molecule has 1 amide bonds. The molecule has 1 aliphatic rings. The minimum atomic E-state index is -0.934. The molecule has 0 bridgehead atoms. The van der Waals surface area contributed by atoms with Crippen molar-refractivity contribution < 1.29 is 24.2 Å². The van der Waals surface area contributed by atoms with Gasteiger partial charge in [0.25, 0.3) is 0 Å². The number of esters is 1. The molecule has 0 aromatic heterocycles. The molecule has 7 heteroatoms. The van der Waals surface area contributed by atoms with Gasteiger partial charge in [-0.2, -0.15) is 0 Å². The van der Waals surface area contributed by atoms with E-state index in [1.54, 1.807) is 27.7 Å². The van der Waals surface area contributed by atoms with E-state index in [2.05, 4.69) is 0 Å². The lowest BCUT2D eigenvalue weighted by atomic mass is 10.1. The van der Waals surface area contributed by atoms with Crippen LogP contribution in [-0.2, 0) is 14.3 Å². The van der Waals surface area contributed by atoms with Crippen LogP contribution in [0.4, 0.5) is 4.79 Å². The number of carbonyl (C=O) groups excluding carboxylic acids is 2. The minimum Gasteiger partial charge on any atom is -0.466 e. The van der Waals surface area contributed by atoms with Crippen LogP contribution in [0.5, 0.6) is 0 Å². The highest BCUT2D eigenvalue weighted by atomic mass is 32.2. The molecule has 2 atom stereocenters. The molecule has 1 heterocycles. The molecular weight excluding hydrogens is 282 g/mol. The molecule has 1 unspecified atom stereocenters. The van der Waals surface area contributed by atoms with Crippen LogP contribution in [0.15, 0.2) is 0 Å². The number of amides is 1. The van der Waals surface area contributed by atoms with E-state index in [-0.39, 0.29) is 13.0 Å². The van der Waals surface area contributed by atoms with Gasteiger partial charge in [0, 0.05) is 5.75 Å². The molecule has 0 radical (unpaired) electrons. The number of nitrogens with zero attached hydrogens (tertiary/aromatic N) is 1. The molecule has 0 aromatic carbocycles. The van der Waals surface area contributed by atoms with Gasteiger partial charge in [-0.05, 0) is 27.7 Å². The number of thioether (sulfide) groups is 1. The van der Waals surface area contributed by atoms with Gasteiger partial charge in [-0.15, -0.1) is 11.8 Å². The lowest BCUT2D eigenvalue weighted by Gasteiger charge is -2.30. The van der Waals surface area contributed by atoms with E-state index in [0.29, 0.717) is 11.6 Å². The van der Waals surface area contributed by atoms with Gasteiger partial charge >= 0.3 is 12.1 Å². The standard InChI is InChI=1S/C13H23NO5S/c1-5-18-11(16)6-10(15)9-7-20-8-14(9)12(17)19-13(2,3)4/h9-10,15H,5-8H2,1-4H3/t9-,10?/m0/s1. The van der Waals surface area contributed by atoms with Gasteiger partial charge < -0.3 is 14.6 Å². The molecule has 0 saturated carbocycles. The number of rotatable bonds is 4. The summed E-state index contributed by atoms with van der Waals surface area (Å²) in [6.07, 6.45) is -1.51. The molecule has 1 N–H and O–H groups in total. The molecule has 116 valence electrons. The highest BCUT2D eigenvalue weighted by Gasteiger charge is 2.37. The summed E-state index contributed by atoms with van der Waals surface area (Å²) < 4.78 is 10.1. The van der Waals surface area contributed by atoms with Crippen molar-refractivity contribution in [3.63, 3.8) is 0 Å². The molecule has 0 aliphatic carbocycles. The van der Waals surface area contributed by atoms with Crippen molar-refractivity contribution in [3.8, 4) is 0 Å². The maximum Gasteiger partial charge on any atom is 0.411 e. The van der Waals surface area contributed by atoms with Crippen LogP contribution in [0, 0.1) is 0 Å². The first-order valence-corrected chi connectivity index (χ1v) is 7.81. The van der Waals surface area contributed by atoms with Crippen molar-refractivity contribution in [2.24, 2.45) is 0 Å². The number of hydrogen-bond donors (Lipinski definition) is 1. The Hall–Kier alpha value is -0.950. The lowest BCUT2D eigenvalue weighted by Crippen LogP contribution is -2.46. The monoisotopic (exact) mass is 305 g/mol. The van der Waals surface area contributed by atoms with E-state index in [9.17, 15) is 14.7 Å². The minimum absolute atomic E-state index is 0.113. The van der Waals surface area contributed by atoms with Crippen LogP contribution in [0.3, 0.4) is 0 Å². The average molecular weight is 305 g/mol. The Kier molecular flexibility index (Phi) is 6.13. The Bertz CT molecular complexity index is 355. The van der Waals surface area contributed by atoms with E-state index in [1.807, 2.05) is 0 Å². The first kappa shape index (κ1) is 17.1. The highest BCUT2D eigenvalue weighted by Crippen LogP contribution is 2.26. The predicted octanol–water partition coefficient (Wildman–Crippen LogP) is 1.61. The van der Waals surface area contributed by atoms with E-state index in [1.165, 1.54) is 16.7 Å². The topological polar surface area (TPSA) is 76.1 Å². The zero-order valence-corrected chi connectivity index (χ0v) is 13.2. The highest BCUT2D eigenvalue weighted by molar-refractivity contribution is 7.99.